The van der Waals surface area contributed by atoms with Crippen LogP contribution >= 0.6 is 0 Å². The van der Waals surface area contributed by atoms with Crippen molar-refractivity contribution in [1.29, 1.82) is 0 Å². The SMILES string of the molecule is CN([SiH2]CCC(F)(F)F)[Si](C)(C)C. The minimum atomic E-state index is -3.97. The molecule has 0 bridgehead atoms. The van der Waals surface area contributed by atoms with Crippen LogP contribution in [0.2, 0.25) is 25.7 Å². The van der Waals surface area contributed by atoms with E-state index in [1.165, 1.54) is 0 Å². The fraction of sp³-hybridized carbons (Fsp3) is 1.00. The molecular formula is C7H18F3NSi2. The van der Waals surface area contributed by atoms with Crippen LogP contribution in [0.1, 0.15) is 6.42 Å². The summed E-state index contributed by atoms with van der Waals surface area (Å²) in [6, 6.07) is 0.351. The summed E-state index contributed by atoms with van der Waals surface area (Å²) >= 11 is 0. The highest BCUT2D eigenvalue weighted by Gasteiger charge is 2.27. The van der Waals surface area contributed by atoms with Crippen LogP contribution in [0.5, 0.6) is 0 Å². The summed E-state index contributed by atoms with van der Waals surface area (Å²) in [7, 11) is -0.0354. The average Bonchev–Trinajstić information content (AvgIpc) is 1.82. The Morgan fingerprint density at radius 3 is 2.00 bits per heavy atom. The van der Waals surface area contributed by atoms with E-state index >= 15 is 0 Å². The highest BCUT2D eigenvalue weighted by Crippen LogP contribution is 2.21. The van der Waals surface area contributed by atoms with E-state index in [2.05, 4.69) is 23.9 Å². The van der Waals surface area contributed by atoms with E-state index in [4.69, 9.17) is 0 Å². The number of alkyl halides is 3. The zero-order valence-electron chi connectivity index (χ0n) is 8.70. The van der Waals surface area contributed by atoms with Crippen LogP contribution in [-0.2, 0) is 0 Å². The van der Waals surface area contributed by atoms with Crippen LogP contribution in [-0.4, -0.2) is 35.4 Å². The van der Waals surface area contributed by atoms with Gasteiger partial charge in [0, 0.05) is 6.42 Å². The van der Waals surface area contributed by atoms with E-state index < -0.39 is 30.5 Å². The molecule has 0 unspecified atom stereocenters. The van der Waals surface area contributed by atoms with Gasteiger partial charge in [-0.25, -0.2) is 0 Å². The molecule has 0 aliphatic rings. The molecule has 0 N–H and O–H groups in total. The molecule has 0 aliphatic carbocycles. The molecule has 80 valence electrons. The molecule has 13 heavy (non-hydrogen) atoms. The Kier molecular flexibility index (Phi) is 4.67. The molecule has 0 atom stereocenters. The van der Waals surface area contributed by atoms with Gasteiger partial charge in [-0.1, -0.05) is 19.6 Å². The molecule has 0 fully saturated rings. The van der Waals surface area contributed by atoms with Crippen molar-refractivity contribution in [1.82, 2.24) is 4.23 Å². The van der Waals surface area contributed by atoms with Gasteiger partial charge in [0.1, 0.15) is 8.24 Å². The maximum atomic E-state index is 11.8. The second kappa shape index (κ2) is 4.61. The van der Waals surface area contributed by atoms with E-state index in [-0.39, 0.29) is 0 Å². The van der Waals surface area contributed by atoms with Crippen LogP contribution in [0.25, 0.3) is 0 Å². The van der Waals surface area contributed by atoms with Crippen LogP contribution < -0.4 is 0 Å². The number of nitrogens with zero attached hydrogens (tertiary/aromatic N) is 1. The Morgan fingerprint density at radius 1 is 1.23 bits per heavy atom. The first-order valence-corrected chi connectivity index (χ1v) is 9.49. The normalized spacial score (nSPS) is 14.8. The van der Waals surface area contributed by atoms with E-state index in [9.17, 15) is 13.2 Å². The number of rotatable bonds is 4. The first-order chi connectivity index (χ1) is 5.63. The van der Waals surface area contributed by atoms with Gasteiger partial charge in [-0.2, -0.15) is 13.2 Å². The predicted octanol–water partition coefficient (Wildman–Crippen LogP) is 2.21. The highest BCUT2D eigenvalue weighted by molar-refractivity contribution is 6.78. The molecule has 1 nitrogen and oxygen atoms in total. The third kappa shape index (κ3) is 7.27. The Morgan fingerprint density at radius 2 is 1.69 bits per heavy atom. The molecule has 0 saturated carbocycles. The molecule has 0 amide bonds. The Hall–Kier alpha value is 0.184. The van der Waals surface area contributed by atoms with Crippen LogP contribution in [0.15, 0.2) is 0 Å². The van der Waals surface area contributed by atoms with Gasteiger partial charge in [0.05, 0.1) is 9.68 Å². The van der Waals surface area contributed by atoms with Crippen molar-refractivity contribution in [2.45, 2.75) is 38.3 Å². The molecule has 0 radical (unpaired) electrons. The lowest BCUT2D eigenvalue weighted by Crippen LogP contribution is -2.45. The lowest BCUT2D eigenvalue weighted by atomic mass is 10.5. The van der Waals surface area contributed by atoms with E-state index in [1.807, 2.05) is 7.05 Å². The van der Waals surface area contributed by atoms with E-state index in [1.54, 1.807) is 0 Å². The van der Waals surface area contributed by atoms with Crippen LogP contribution in [0.4, 0.5) is 13.2 Å². The molecule has 0 heterocycles. The zero-order chi connectivity index (χ0) is 10.7. The van der Waals surface area contributed by atoms with Crippen molar-refractivity contribution >= 4 is 17.9 Å². The fourth-order valence-electron chi connectivity index (χ4n) is 0.852. The number of hydrogen-bond acceptors (Lipinski definition) is 1. The minimum Gasteiger partial charge on any atom is -0.353 e. The Bertz CT molecular complexity index is 153. The van der Waals surface area contributed by atoms with Crippen LogP contribution in [0.3, 0.4) is 0 Å². The predicted molar refractivity (Wildman–Crippen MR) is 55.1 cm³/mol. The standard InChI is InChI=1S/C7H18F3NSi2/c1-11(13(2,3)4)12-6-5-7(8,9)10/h5-6,12H2,1-4H3. The summed E-state index contributed by atoms with van der Waals surface area (Å²) in [5.41, 5.74) is 0. The monoisotopic (exact) mass is 229 g/mol. The Labute approximate surface area is 81.3 Å². The molecule has 0 aliphatic heterocycles. The minimum absolute atomic E-state index is 0.351. The first kappa shape index (κ1) is 13.2. The second-order valence-corrected chi connectivity index (χ2v) is 12.2. The molecular weight excluding hydrogens is 211 g/mol. The van der Waals surface area contributed by atoms with Gasteiger partial charge >= 0.3 is 6.18 Å². The quantitative estimate of drug-likeness (QED) is 0.668. The van der Waals surface area contributed by atoms with Crippen molar-refractivity contribution in [2.24, 2.45) is 0 Å². The van der Waals surface area contributed by atoms with Crippen molar-refractivity contribution in [2.75, 3.05) is 7.05 Å². The topological polar surface area (TPSA) is 3.24 Å². The fourth-order valence-corrected chi connectivity index (χ4v) is 5.04. The lowest BCUT2D eigenvalue weighted by molar-refractivity contribution is -0.130. The van der Waals surface area contributed by atoms with Gasteiger partial charge in [-0.15, -0.1) is 0 Å². The summed E-state index contributed by atoms with van der Waals surface area (Å²) in [6.45, 7) is 6.48. The third-order valence-electron chi connectivity index (χ3n) is 2.10. The van der Waals surface area contributed by atoms with Crippen molar-refractivity contribution in [3.05, 3.63) is 0 Å². The second-order valence-electron chi connectivity index (χ2n) is 4.31. The molecule has 6 heteroatoms. The van der Waals surface area contributed by atoms with Gasteiger partial charge in [0.25, 0.3) is 0 Å². The lowest BCUT2D eigenvalue weighted by Gasteiger charge is -2.30. The molecule has 0 aromatic carbocycles. The summed E-state index contributed by atoms with van der Waals surface area (Å²) in [5.74, 6) is 0. The summed E-state index contributed by atoms with van der Waals surface area (Å²) in [5, 5.41) is 0. The maximum Gasteiger partial charge on any atom is 0.388 e. The average molecular weight is 229 g/mol. The first-order valence-electron chi connectivity index (χ1n) is 4.41. The van der Waals surface area contributed by atoms with Crippen molar-refractivity contribution < 1.29 is 13.2 Å². The van der Waals surface area contributed by atoms with E-state index in [0.717, 1.165) is 0 Å². The van der Waals surface area contributed by atoms with Gasteiger partial charge in [-0.05, 0) is 13.1 Å². The Balaban J connectivity index is 3.67. The molecule has 0 aromatic rings. The molecule has 0 rings (SSSR count). The van der Waals surface area contributed by atoms with Crippen molar-refractivity contribution in [3.8, 4) is 0 Å². The third-order valence-corrected chi connectivity index (χ3v) is 9.25. The van der Waals surface area contributed by atoms with Gasteiger partial charge in [-0.3, -0.25) is 0 Å². The van der Waals surface area contributed by atoms with Gasteiger partial charge < -0.3 is 4.23 Å². The molecule has 0 spiro atoms. The van der Waals surface area contributed by atoms with Crippen LogP contribution in [0, 0.1) is 0 Å². The van der Waals surface area contributed by atoms with Gasteiger partial charge in [0.2, 0.25) is 0 Å². The highest BCUT2D eigenvalue weighted by atomic mass is 28.4. The number of hydrogen-bond donors (Lipinski definition) is 0. The number of halogens is 3. The zero-order valence-corrected chi connectivity index (χ0v) is 11.1. The molecule has 0 aromatic heterocycles. The largest absolute Gasteiger partial charge is 0.388 e. The van der Waals surface area contributed by atoms with Gasteiger partial charge in [0.15, 0.2) is 0 Å². The summed E-state index contributed by atoms with van der Waals surface area (Å²) in [6.07, 6.45) is -4.57. The molecule has 0 saturated heterocycles. The van der Waals surface area contributed by atoms with Crippen molar-refractivity contribution in [3.63, 3.8) is 0 Å². The van der Waals surface area contributed by atoms with E-state index in [0.29, 0.717) is 6.04 Å². The smallest absolute Gasteiger partial charge is 0.353 e. The summed E-state index contributed by atoms with van der Waals surface area (Å²) < 4.78 is 37.7. The summed E-state index contributed by atoms with van der Waals surface area (Å²) in [4.78, 5) is 0. The maximum absolute atomic E-state index is 11.8.